The summed E-state index contributed by atoms with van der Waals surface area (Å²) >= 11 is 0. The number of hydrogen-bond donors (Lipinski definition) is 1. The molecule has 0 fully saturated rings. The number of nitrogens with one attached hydrogen (secondary N) is 1. The first-order chi connectivity index (χ1) is 14.9. The number of rotatable bonds is 3. The van der Waals surface area contributed by atoms with Crippen LogP contribution in [-0.4, -0.2) is 6.04 Å². The molecule has 0 bridgehead atoms. The van der Waals surface area contributed by atoms with Crippen molar-refractivity contribution in [2.75, 3.05) is 0 Å². The molecule has 0 radical (unpaired) electrons. The molecule has 2 aliphatic rings. The third-order valence-electron chi connectivity index (χ3n) is 6.26. The van der Waals surface area contributed by atoms with Crippen LogP contribution in [0.5, 0.6) is 0 Å². The summed E-state index contributed by atoms with van der Waals surface area (Å²) < 4.78 is 67.8. The molecule has 1 aliphatic heterocycles. The monoisotopic (exact) mass is 444 g/mol. The van der Waals surface area contributed by atoms with Crippen LogP contribution < -0.4 is 5.32 Å². The summed E-state index contributed by atoms with van der Waals surface area (Å²) in [4.78, 5) is 0. The zero-order chi connectivity index (χ0) is 23.4. The maximum absolute atomic E-state index is 13.9. The minimum absolute atomic E-state index is 0.0917. The van der Waals surface area contributed by atoms with Gasteiger partial charge in [-0.3, -0.25) is 0 Å². The number of nitriles is 1. The fraction of sp³-hybridized carbons (Fsp3) is 0.320. The maximum atomic E-state index is 13.9. The summed E-state index contributed by atoms with van der Waals surface area (Å²) in [5.74, 6) is -3.26. The Labute approximate surface area is 183 Å². The van der Waals surface area contributed by atoms with Crippen molar-refractivity contribution >= 4 is 6.08 Å². The molecule has 0 saturated heterocycles. The maximum Gasteiger partial charge on any atom is 0.416 e. The second-order valence-corrected chi connectivity index (χ2v) is 8.57. The molecule has 1 aliphatic carbocycles. The zero-order valence-corrected chi connectivity index (χ0v) is 17.7. The first-order valence-corrected chi connectivity index (χ1v) is 10.2. The predicted molar refractivity (Wildman–Crippen MR) is 113 cm³/mol. The van der Waals surface area contributed by atoms with E-state index >= 15 is 0 Å². The predicted octanol–water partition coefficient (Wildman–Crippen LogP) is 6.83. The van der Waals surface area contributed by atoms with Crippen molar-refractivity contribution in [2.45, 2.75) is 45.3 Å². The number of nitrogens with zero attached hydrogens (tertiary/aromatic N) is 1. The van der Waals surface area contributed by atoms with Crippen LogP contribution in [0.25, 0.3) is 17.2 Å². The van der Waals surface area contributed by atoms with Crippen molar-refractivity contribution in [3.8, 4) is 17.2 Å². The van der Waals surface area contributed by atoms with E-state index in [9.17, 15) is 27.2 Å². The SMILES string of the molecule is CC1NC(C#N)=C(C2=Cc3ccc(-c4cc(C(C)(F)F)cc(C(F)(F)F)c4)cc3C2)C1C. The standard InChI is InChI=1S/C25H21F5N2/c1-13-14(2)32-22(12-31)23(13)19-7-16-5-4-15(6-17(16)8-19)18-9-20(24(3,26)27)11-21(10-18)25(28,29)30/h4-7,9-11,13-14,32H,8H2,1-3H3. The summed E-state index contributed by atoms with van der Waals surface area (Å²) in [6, 6.07) is 10.0. The van der Waals surface area contributed by atoms with Gasteiger partial charge >= 0.3 is 6.18 Å². The largest absolute Gasteiger partial charge is 0.416 e. The summed E-state index contributed by atoms with van der Waals surface area (Å²) in [6.45, 7) is 4.63. The molecule has 4 rings (SSSR count). The third kappa shape index (κ3) is 3.90. The number of hydrogen-bond acceptors (Lipinski definition) is 2. The first kappa shape index (κ1) is 22.1. The lowest BCUT2D eigenvalue weighted by Gasteiger charge is -2.17. The van der Waals surface area contributed by atoms with Crippen molar-refractivity contribution in [1.82, 2.24) is 5.32 Å². The highest BCUT2D eigenvalue weighted by molar-refractivity contribution is 5.75. The lowest BCUT2D eigenvalue weighted by atomic mass is 9.90. The van der Waals surface area contributed by atoms with Gasteiger partial charge in [0.25, 0.3) is 5.92 Å². The molecular weight excluding hydrogens is 423 g/mol. The van der Waals surface area contributed by atoms with Crippen LogP contribution in [0.15, 0.2) is 53.2 Å². The number of benzene rings is 2. The van der Waals surface area contributed by atoms with Gasteiger partial charge in [-0.05, 0) is 64.9 Å². The van der Waals surface area contributed by atoms with E-state index in [1.165, 1.54) is 0 Å². The second-order valence-electron chi connectivity index (χ2n) is 8.57. The average Bonchev–Trinajstić information content (AvgIpc) is 3.25. The van der Waals surface area contributed by atoms with Crippen molar-refractivity contribution in [2.24, 2.45) is 5.92 Å². The summed E-state index contributed by atoms with van der Waals surface area (Å²) in [6.07, 6.45) is -2.22. The second kappa shape index (κ2) is 7.47. The van der Waals surface area contributed by atoms with Crippen molar-refractivity contribution in [3.05, 3.63) is 75.5 Å². The lowest BCUT2D eigenvalue weighted by molar-refractivity contribution is -0.137. The Bertz CT molecular complexity index is 1160. The molecule has 0 amide bonds. The average molecular weight is 444 g/mol. The Morgan fingerprint density at radius 2 is 1.66 bits per heavy atom. The van der Waals surface area contributed by atoms with Crippen LogP contribution in [0.1, 0.15) is 43.0 Å². The Balaban J connectivity index is 1.73. The molecule has 2 aromatic carbocycles. The van der Waals surface area contributed by atoms with E-state index in [1.807, 2.05) is 19.9 Å². The quantitative estimate of drug-likeness (QED) is 0.527. The van der Waals surface area contributed by atoms with Crippen molar-refractivity contribution < 1.29 is 22.0 Å². The molecule has 0 saturated carbocycles. The normalized spacial score (nSPS) is 20.7. The highest BCUT2D eigenvalue weighted by Gasteiger charge is 2.35. The smallest absolute Gasteiger partial charge is 0.373 e. The Kier molecular flexibility index (Phi) is 5.15. The minimum atomic E-state index is -4.73. The van der Waals surface area contributed by atoms with Gasteiger partial charge in [-0.2, -0.15) is 18.4 Å². The summed E-state index contributed by atoms with van der Waals surface area (Å²) in [5.41, 5.74) is 3.03. The molecule has 32 heavy (non-hydrogen) atoms. The third-order valence-corrected chi connectivity index (χ3v) is 6.26. The van der Waals surface area contributed by atoms with E-state index in [1.54, 1.807) is 18.2 Å². The Morgan fingerprint density at radius 1 is 0.969 bits per heavy atom. The first-order valence-electron chi connectivity index (χ1n) is 10.2. The van der Waals surface area contributed by atoms with E-state index in [2.05, 4.69) is 11.4 Å². The molecule has 2 atom stereocenters. The van der Waals surface area contributed by atoms with E-state index in [-0.39, 0.29) is 17.5 Å². The van der Waals surface area contributed by atoms with Crippen LogP contribution in [0.4, 0.5) is 22.0 Å². The Hall–Kier alpha value is -3.14. The van der Waals surface area contributed by atoms with E-state index in [4.69, 9.17) is 0 Å². The molecule has 2 nitrogen and oxygen atoms in total. The van der Waals surface area contributed by atoms with Crippen molar-refractivity contribution in [3.63, 3.8) is 0 Å². The van der Waals surface area contributed by atoms with Gasteiger partial charge in [-0.15, -0.1) is 0 Å². The number of allylic oxidation sites excluding steroid dienone is 2. The number of alkyl halides is 5. The number of fused-ring (bicyclic) bond motifs is 1. The van der Waals surface area contributed by atoms with Gasteiger partial charge in [-0.25, -0.2) is 8.78 Å². The molecule has 0 aromatic heterocycles. The van der Waals surface area contributed by atoms with Gasteiger partial charge in [0.1, 0.15) is 11.8 Å². The van der Waals surface area contributed by atoms with E-state index < -0.39 is 23.2 Å². The summed E-state index contributed by atoms with van der Waals surface area (Å²) in [5, 5.41) is 12.7. The van der Waals surface area contributed by atoms with Gasteiger partial charge in [0.05, 0.1) is 5.56 Å². The van der Waals surface area contributed by atoms with Crippen LogP contribution in [-0.2, 0) is 18.5 Å². The van der Waals surface area contributed by atoms with Gasteiger partial charge < -0.3 is 5.32 Å². The summed E-state index contributed by atoms with van der Waals surface area (Å²) in [7, 11) is 0. The molecule has 1 heterocycles. The van der Waals surface area contributed by atoms with E-state index in [0.29, 0.717) is 30.7 Å². The zero-order valence-electron chi connectivity index (χ0n) is 17.7. The van der Waals surface area contributed by atoms with Crippen LogP contribution in [0.2, 0.25) is 0 Å². The molecule has 166 valence electrons. The topological polar surface area (TPSA) is 35.8 Å². The molecule has 2 aromatic rings. The minimum Gasteiger partial charge on any atom is -0.373 e. The highest BCUT2D eigenvalue weighted by atomic mass is 19.4. The highest BCUT2D eigenvalue weighted by Crippen LogP contribution is 2.41. The van der Waals surface area contributed by atoms with Gasteiger partial charge in [0, 0.05) is 24.4 Å². The van der Waals surface area contributed by atoms with Gasteiger partial charge in [-0.1, -0.05) is 31.2 Å². The number of halogens is 5. The molecule has 0 spiro atoms. The van der Waals surface area contributed by atoms with Crippen LogP contribution in [0.3, 0.4) is 0 Å². The fourth-order valence-corrected chi connectivity index (χ4v) is 4.36. The van der Waals surface area contributed by atoms with Gasteiger partial charge in [0.2, 0.25) is 0 Å². The van der Waals surface area contributed by atoms with Crippen LogP contribution >= 0.6 is 0 Å². The lowest BCUT2D eigenvalue weighted by Crippen LogP contribution is -2.23. The molecular formula is C25H21F5N2. The van der Waals surface area contributed by atoms with Crippen LogP contribution in [0, 0.1) is 17.2 Å². The van der Waals surface area contributed by atoms with E-state index in [0.717, 1.165) is 34.4 Å². The fourth-order valence-electron chi connectivity index (χ4n) is 4.36. The molecule has 1 N–H and O–H groups in total. The van der Waals surface area contributed by atoms with Gasteiger partial charge in [0.15, 0.2) is 0 Å². The Morgan fingerprint density at radius 3 is 2.28 bits per heavy atom. The molecule has 2 unspecified atom stereocenters. The molecule has 7 heteroatoms. The van der Waals surface area contributed by atoms with Crippen molar-refractivity contribution in [1.29, 1.82) is 5.26 Å².